The van der Waals surface area contributed by atoms with E-state index in [1.165, 1.54) is 25.5 Å². The Bertz CT molecular complexity index is 437. The average Bonchev–Trinajstić information content (AvgIpc) is 2.96. The summed E-state index contributed by atoms with van der Waals surface area (Å²) >= 11 is 0. The number of nitrogens with one attached hydrogen (secondary N) is 1. The van der Waals surface area contributed by atoms with Crippen molar-refractivity contribution in [3.05, 3.63) is 30.2 Å². The number of likely N-dealkylation sites (tertiary alicyclic amines) is 1. The molecule has 1 atom stereocenters. The Morgan fingerprint density at radius 3 is 3.15 bits per heavy atom. The van der Waals surface area contributed by atoms with E-state index in [2.05, 4.69) is 24.1 Å². The van der Waals surface area contributed by atoms with Crippen molar-refractivity contribution < 1.29 is 9.21 Å². The minimum absolute atomic E-state index is 0.0527. The lowest BCUT2D eigenvalue weighted by atomic mass is 9.97. The van der Waals surface area contributed by atoms with E-state index in [-0.39, 0.29) is 5.91 Å². The van der Waals surface area contributed by atoms with E-state index < -0.39 is 0 Å². The fraction of sp³-hybridized carbons (Fsp3) is 0.562. The standard InChI is InChI=1S/C16H24N2O2/c1-13(2)18-9-3-5-14(12-18)11-17-16(19)8-7-15-6-4-10-20-15/h4,6-8,10,13-14H,3,5,9,11-12H2,1-2H3,(H,17,19). The molecule has 4 nitrogen and oxygen atoms in total. The minimum Gasteiger partial charge on any atom is -0.465 e. The molecule has 1 fully saturated rings. The number of hydrogen-bond acceptors (Lipinski definition) is 3. The van der Waals surface area contributed by atoms with Crippen molar-refractivity contribution >= 4 is 12.0 Å². The molecule has 0 spiro atoms. The molecule has 0 aromatic carbocycles. The van der Waals surface area contributed by atoms with Gasteiger partial charge in [-0.15, -0.1) is 0 Å². The predicted molar refractivity (Wildman–Crippen MR) is 80.2 cm³/mol. The van der Waals surface area contributed by atoms with E-state index in [0.29, 0.717) is 17.7 Å². The van der Waals surface area contributed by atoms with Crippen LogP contribution in [0.2, 0.25) is 0 Å². The summed E-state index contributed by atoms with van der Waals surface area (Å²) in [6, 6.07) is 4.22. The Kier molecular flexibility index (Phi) is 5.41. The lowest BCUT2D eigenvalue weighted by Gasteiger charge is -2.35. The monoisotopic (exact) mass is 276 g/mol. The second-order valence-electron chi connectivity index (χ2n) is 5.69. The molecule has 1 aromatic heterocycles. The van der Waals surface area contributed by atoms with Crippen molar-refractivity contribution in [3.63, 3.8) is 0 Å². The minimum atomic E-state index is -0.0527. The van der Waals surface area contributed by atoms with Crippen LogP contribution < -0.4 is 5.32 Å². The van der Waals surface area contributed by atoms with E-state index in [4.69, 9.17) is 4.42 Å². The molecule has 1 saturated heterocycles. The van der Waals surface area contributed by atoms with Gasteiger partial charge in [0.2, 0.25) is 5.91 Å². The van der Waals surface area contributed by atoms with Gasteiger partial charge in [0, 0.05) is 25.2 Å². The molecular formula is C16H24N2O2. The van der Waals surface area contributed by atoms with E-state index >= 15 is 0 Å². The van der Waals surface area contributed by atoms with E-state index in [0.717, 1.165) is 13.1 Å². The summed E-state index contributed by atoms with van der Waals surface area (Å²) in [5, 5.41) is 2.98. The highest BCUT2D eigenvalue weighted by Gasteiger charge is 2.21. The van der Waals surface area contributed by atoms with E-state index in [1.54, 1.807) is 18.4 Å². The SMILES string of the molecule is CC(C)N1CCCC(CNC(=O)C=Cc2ccco2)C1. The van der Waals surface area contributed by atoms with Crippen LogP contribution in [0.4, 0.5) is 0 Å². The first-order valence-corrected chi connectivity index (χ1v) is 7.38. The largest absolute Gasteiger partial charge is 0.465 e. The van der Waals surface area contributed by atoms with Crippen LogP contribution in [0.15, 0.2) is 28.9 Å². The first kappa shape index (κ1) is 14.9. The summed E-state index contributed by atoms with van der Waals surface area (Å²) in [6.07, 6.45) is 7.24. The number of amides is 1. The Morgan fingerprint density at radius 1 is 1.60 bits per heavy atom. The van der Waals surface area contributed by atoms with Gasteiger partial charge in [0.05, 0.1) is 6.26 Å². The summed E-state index contributed by atoms with van der Waals surface area (Å²) in [4.78, 5) is 14.2. The molecule has 0 saturated carbocycles. The maximum Gasteiger partial charge on any atom is 0.244 e. The zero-order valence-corrected chi connectivity index (χ0v) is 12.3. The molecule has 2 heterocycles. The maximum absolute atomic E-state index is 11.7. The van der Waals surface area contributed by atoms with Crippen LogP contribution >= 0.6 is 0 Å². The van der Waals surface area contributed by atoms with Crippen LogP contribution in [0.1, 0.15) is 32.4 Å². The van der Waals surface area contributed by atoms with Gasteiger partial charge < -0.3 is 14.6 Å². The Morgan fingerprint density at radius 2 is 2.45 bits per heavy atom. The van der Waals surface area contributed by atoms with Crippen LogP contribution in [0.25, 0.3) is 6.08 Å². The number of piperidine rings is 1. The molecule has 0 radical (unpaired) electrons. The summed E-state index contributed by atoms with van der Waals surface area (Å²) in [5.41, 5.74) is 0. The summed E-state index contributed by atoms with van der Waals surface area (Å²) in [6.45, 7) is 7.48. The third kappa shape index (κ3) is 4.53. The topological polar surface area (TPSA) is 45.5 Å². The fourth-order valence-electron chi connectivity index (χ4n) is 2.58. The van der Waals surface area contributed by atoms with Crippen molar-refractivity contribution in [1.82, 2.24) is 10.2 Å². The summed E-state index contributed by atoms with van der Waals surface area (Å²) < 4.78 is 5.15. The van der Waals surface area contributed by atoms with Crippen molar-refractivity contribution in [2.75, 3.05) is 19.6 Å². The molecular weight excluding hydrogens is 252 g/mol. The molecule has 2 rings (SSSR count). The highest BCUT2D eigenvalue weighted by atomic mass is 16.3. The molecule has 1 unspecified atom stereocenters. The Labute approximate surface area is 120 Å². The first-order chi connectivity index (χ1) is 9.65. The molecule has 1 N–H and O–H groups in total. The van der Waals surface area contributed by atoms with Crippen molar-refractivity contribution in [2.24, 2.45) is 5.92 Å². The molecule has 0 bridgehead atoms. The zero-order chi connectivity index (χ0) is 14.4. The van der Waals surface area contributed by atoms with E-state index in [9.17, 15) is 4.79 Å². The van der Waals surface area contributed by atoms with Crippen LogP contribution in [0, 0.1) is 5.92 Å². The van der Waals surface area contributed by atoms with Gasteiger partial charge in [0.1, 0.15) is 5.76 Å². The number of carbonyl (C=O) groups excluding carboxylic acids is 1. The lowest BCUT2D eigenvalue weighted by Crippen LogP contribution is -2.43. The molecule has 20 heavy (non-hydrogen) atoms. The van der Waals surface area contributed by atoms with Crippen molar-refractivity contribution in [2.45, 2.75) is 32.7 Å². The van der Waals surface area contributed by atoms with Gasteiger partial charge in [-0.2, -0.15) is 0 Å². The van der Waals surface area contributed by atoms with Crippen LogP contribution in [-0.2, 0) is 4.79 Å². The molecule has 4 heteroatoms. The van der Waals surface area contributed by atoms with Crippen LogP contribution in [-0.4, -0.2) is 36.5 Å². The molecule has 1 aromatic rings. The number of carbonyl (C=O) groups is 1. The van der Waals surface area contributed by atoms with Crippen molar-refractivity contribution in [1.29, 1.82) is 0 Å². The first-order valence-electron chi connectivity index (χ1n) is 7.38. The molecule has 110 valence electrons. The Balaban J connectivity index is 1.73. The second-order valence-corrected chi connectivity index (χ2v) is 5.69. The smallest absolute Gasteiger partial charge is 0.244 e. The Hall–Kier alpha value is -1.55. The zero-order valence-electron chi connectivity index (χ0n) is 12.3. The molecule has 1 aliphatic rings. The molecule has 1 amide bonds. The van der Waals surface area contributed by atoms with Gasteiger partial charge in [-0.25, -0.2) is 0 Å². The number of furan rings is 1. The second kappa shape index (κ2) is 7.29. The van der Waals surface area contributed by atoms with Crippen LogP contribution in [0.5, 0.6) is 0 Å². The van der Waals surface area contributed by atoms with Gasteiger partial charge in [-0.3, -0.25) is 4.79 Å². The third-order valence-corrected chi connectivity index (χ3v) is 3.79. The summed E-state index contributed by atoms with van der Waals surface area (Å²) in [5.74, 6) is 1.21. The maximum atomic E-state index is 11.7. The normalized spacial score (nSPS) is 20.6. The van der Waals surface area contributed by atoms with Gasteiger partial charge in [0.15, 0.2) is 0 Å². The summed E-state index contributed by atoms with van der Waals surface area (Å²) in [7, 11) is 0. The lowest BCUT2D eigenvalue weighted by molar-refractivity contribution is -0.116. The van der Waals surface area contributed by atoms with Gasteiger partial charge in [0.25, 0.3) is 0 Å². The van der Waals surface area contributed by atoms with Gasteiger partial charge in [-0.05, 0) is 57.4 Å². The molecule has 0 aliphatic carbocycles. The van der Waals surface area contributed by atoms with Gasteiger partial charge >= 0.3 is 0 Å². The quantitative estimate of drug-likeness (QED) is 0.841. The van der Waals surface area contributed by atoms with Gasteiger partial charge in [-0.1, -0.05) is 0 Å². The average molecular weight is 276 g/mol. The highest BCUT2D eigenvalue weighted by Crippen LogP contribution is 2.17. The number of hydrogen-bond donors (Lipinski definition) is 1. The number of rotatable bonds is 5. The fourth-order valence-corrected chi connectivity index (χ4v) is 2.58. The highest BCUT2D eigenvalue weighted by molar-refractivity contribution is 5.91. The molecule has 1 aliphatic heterocycles. The number of nitrogens with zero attached hydrogens (tertiary/aromatic N) is 1. The van der Waals surface area contributed by atoms with Crippen LogP contribution in [0.3, 0.4) is 0 Å². The predicted octanol–water partition coefficient (Wildman–Crippen LogP) is 2.53. The van der Waals surface area contributed by atoms with Crippen molar-refractivity contribution in [3.8, 4) is 0 Å². The third-order valence-electron chi connectivity index (χ3n) is 3.79. The van der Waals surface area contributed by atoms with E-state index in [1.807, 2.05) is 6.07 Å².